The molecule has 1 fully saturated rings. The summed E-state index contributed by atoms with van der Waals surface area (Å²) in [6.07, 6.45) is 9.33. The van der Waals surface area contributed by atoms with Crippen LogP contribution in [-0.4, -0.2) is 0 Å². The lowest BCUT2D eigenvalue weighted by Crippen LogP contribution is -2.07. The quantitative estimate of drug-likeness (QED) is 0.539. The summed E-state index contributed by atoms with van der Waals surface area (Å²) < 4.78 is 0. The number of rotatable bonds is 2. The Balaban J connectivity index is 2.49. The van der Waals surface area contributed by atoms with E-state index in [1.165, 1.54) is 37.7 Å². The SMILES string of the molecule is C=C(C)/C=C(/C)C1CCCCC1. The van der Waals surface area contributed by atoms with Crippen LogP contribution in [0.5, 0.6) is 0 Å². The molecule has 0 aromatic heterocycles. The molecule has 12 heavy (non-hydrogen) atoms. The zero-order chi connectivity index (χ0) is 8.97. The van der Waals surface area contributed by atoms with Crippen LogP contribution in [0.2, 0.25) is 0 Å². The minimum atomic E-state index is 0.857. The number of hydrogen-bond donors (Lipinski definition) is 0. The minimum Gasteiger partial charge on any atom is -0.0961 e. The van der Waals surface area contributed by atoms with Gasteiger partial charge >= 0.3 is 0 Å². The van der Waals surface area contributed by atoms with Gasteiger partial charge in [0.05, 0.1) is 0 Å². The van der Waals surface area contributed by atoms with E-state index in [-0.39, 0.29) is 0 Å². The molecule has 0 spiro atoms. The molecule has 1 rings (SSSR count). The van der Waals surface area contributed by atoms with Gasteiger partial charge < -0.3 is 0 Å². The van der Waals surface area contributed by atoms with Gasteiger partial charge in [-0.3, -0.25) is 0 Å². The molecule has 0 bridgehead atoms. The summed E-state index contributed by atoms with van der Waals surface area (Å²) in [5, 5.41) is 0. The zero-order valence-corrected chi connectivity index (χ0v) is 8.40. The van der Waals surface area contributed by atoms with Crippen LogP contribution < -0.4 is 0 Å². The van der Waals surface area contributed by atoms with Crippen molar-refractivity contribution in [2.45, 2.75) is 46.0 Å². The molecule has 0 N–H and O–H groups in total. The molecule has 0 radical (unpaired) electrons. The maximum absolute atomic E-state index is 3.91. The van der Waals surface area contributed by atoms with Crippen LogP contribution in [0, 0.1) is 5.92 Å². The molecular weight excluding hydrogens is 144 g/mol. The van der Waals surface area contributed by atoms with E-state index in [4.69, 9.17) is 0 Å². The highest BCUT2D eigenvalue weighted by Crippen LogP contribution is 2.29. The Morgan fingerprint density at radius 1 is 1.17 bits per heavy atom. The summed E-state index contributed by atoms with van der Waals surface area (Å²) in [6, 6.07) is 0. The Morgan fingerprint density at radius 3 is 2.25 bits per heavy atom. The predicted octanol–water partition coefficient (Wildman–Crippen LogP) is 4.09. The molecule has 0 unspecified atom stereocenters. The first-order valence-electron chi connectivity index (χ1n) is 5.04. The fourth-order valence-corrected chi connectivity index (χ4v) is 2.06. The summed E-state index contributed by atoms with van der Waals surface area (Å²) in [5.41, 5.74) is 2.74. The average Bonchev–Trinajstić information content (AvgIpc) is 2.05. The predicted molar refractivity (Wildman–Crippen MR) is 55.1 cm³/mol. The number of hydrogen-bond acceptors (Lipinski definition) is 0. The third-order valence-electron chi connectivity index (χ3n) is 2.72. The first kappa shape index (κ1) is 9.57. The smallest absolute Gasteiger partial charge is 0.0203 e. The van der Waals surface area contributed by atoms with Gasteiger partial charge in [0.15, 0.2) is 0 Å². The van der Waals surface area contributed by atoms with Crippen molar-refractivity contribution in [2.75, 3.05) is 0 Å². The Labute approximate surface area is 76.4 Å². The maximum Gasteiger partial charge on any atom is -0.0203 e. The van der Waals surface area contributed by atoms with Crippen LogP contribution in [0.15, 0.2) is 23.8 Å². The highest BCUT2D eigenvalue weighted by Gasteiger charge is 2.14. The highest BCUT2D eigenvalue weighted by atomic mass is 14.2. The van der Waals surface area contributed by atoms with E-state index in [1.54, 1.807) is 5.57 Å². The lowest BCUT2D eigenvalue weighted by Gasteiger charge is -2.22. The summed E-state index contributed by atoms with van der Waals surface area (Å²) >= 11 is 0. The highest BCUT2D eigenvalue weighted by molar-refractivity contribution is 5.19. The molecular formula is C12H20. The summed E-state index contributed by atoms with van der Waals surface area (Å²) in [5.74, 6) is 0.857. The van der Waals surface area contributed by atoms with E-state index in [9.17, 15) is 0 Å². The third kappa shape index (κ3) is 2.84. The van der Waals surface area contributed by atoms with Gasteiger partial charge in [0.2, 0.25) is 0 Å². The molecule has 0 amide bonds. The van der Waals surface area contributed by atoms with E-state index >= 15 is 0 Å². The van der Waals surface area contributed by atoms with Crippen LogP contribution in [0.25, 0.3) is 0 Å². The fourth-order valence-electron chi connectivity index (χ4n) is 2.06. The first-order chi connectivity index (χ1) is 5.70. The van der Waals surface area contributed by atoms with Crippen molar-refractivity contribution >= 4 is 0 Å². The van der Waals surface area contributed by atoms with Crippen LogP contribution in [0.1, 0.15) is 46.0 Å². The van der Waals surface area contributed by atoms with Gasteiger partial charge in [-0.2, -0.15) is 0 Å². The molecule has 1 aliphatic rings. The van der Waals surface area contributed by atoms with Crippen molar-refractivity contribution < 1.29 is 0 Å². The van der Waals surface area contributed by atoms with Crippen molar-refractivity contribution in [3.63, 3.8) is 0 Å². The minimum absolute atomic E-state index is 0.857. The molecule has 68 valence electrons. The second-order valence-corrected chi connectivity index (χ2v) is 4.07. The maximum atomic E-state index is 3.91. The van der Waals surface area contributed by atoms with E-state index in [0.717, 1.165) is 5.92 Å². The second-order valence-electron chi connectivity index (χ2n) is 4.07. The topological polar surface area (TPSA) is 0 Å². The van der Waals surface area contributed by atoms with Gasteiger partial charge in [-0.1, -0.05) is 43.1 Å². The molecule has 0 heterocycles. The molecule has 0 atom stereocenters. The van der Waals surface area contributed by atoms with Crippen molar-refractivity contribution in [1.82, 2.24) is 0 Å². The monoisotopic (exact) mass is 164 g/mol. The summed E-state index contributed by atoms with van der Waals surface area (Å²) in [6.45, 7) is 8.24. The zero-order valence-electron chi connectivity index (χ0n) is 8.40. The summed E-state index contributed by atoms with van der Waals surface area (Å²) in [7, 11) is 0. The lowest BCUT2D eigenvalue weighted by atomic mass is 9.84. The Kier molecular flexibility index (Phi) is 3.58. The lowest BCUT2D eigenvalue weighted by molar-refractivity contribution is 0.403. The van der Waals surface area contributed by atoms with Gasteiger partial charge in [-0.15, -0.1) is 0 Å². The van der Waals surface area contributed by atoms with Crippen molar-refractivity contribution in [2.24, 2.45) is 5.92 Å². The van der Waals surface area contributed by atoms with Gasteiger partial charge in [0, 0.05) is 0 Å². The largest absolute Gasteiger partial charge is 0.0961 e. The molecule has 1 saturated carbocycles. The summed E-state index contributed by atoms with van der Waals surface area (Å²) in [4.78, 5) is 0. The molecule has 1 aliphatic carbocycles. The van der Waals surface area contributed by atoms with Crippen LogP contribution >= 0.6 is 0 Å². The van der Waals surface area contributed by atoms with Crippen LogP contribution in [0.3, 0.4) is 0 Å². The molecule has 0 saturated heterocycles. The Morgan fingerprint density at radius 2 is 1.75 bits per heavy atom. The normalized spacial score (nSPS) is 21.0. The Bertz CT molecular complexity index is 180. The van der Waals surface area contributed by atoms with E-state index in [0.29, 0.717) is 0 Å². The molecule has 0 aliphatic heterocycles. The fraction of sp³-hybridized carbons (Fsp3) is 0.667. The van der Waals surface area contributed by atoms with Crippen molar-refractivity contribution in [3.05, 3.63) is 23.8 Å². The van der Waals surface area contributed by atoms with Crippen LogP contribution in [-0.2, 0) is 0 Å². The molecule has 0 nitrogen and oxygen atoms in total. The van der Waals surface area contributed by atoms with E-state index in [2.05, 4.69) is 26.5 Å². The van der Waals surface area contributed by atoms with Crippen molar-refractivity contribution in [3.8, 4) is 0 Å². The van der Waals surface area contributed by atoms with Gasteiger partial charge in [-0.25, -0.2) is 0 Å². The molecule has 0 heteroatoms. The van der Waals surface area contributed by atoms with Gasteiger partial charge in [0.25, 0.3) is 0 Å². The second kappa shape index (κ2) is 4.49. The van der Waals surface area contributed by atoms with E-state index < -0.39 is 0 Å². The molecule has 0 aromatic rings. The average molecular weight is 164 g/mol. The van der Waals surface area contributed by atoms with Crippen LogP contribution in [0.4, 0.5) is 0 Å². The van der Waals surface area contributed by atoms with Gasteiger partial charge in [0.1, 0.15) is 0 Å². The standard InChI is InChI=1S/C12H20/c1-10(2)9-11(3)12-7-5-4-6-8-12/h9,12H,1,4-8H2,2-3H3/b11-9-. The first-order valence-corrected chi connectivity index (χ1v) is 5.04. The third-order valence-corrected chi connectivity index (χ3v) is 2.72. The van der Waals surface area contributed by atoms with Crippen molar-refractivity contribution in [1.29, 1.82) is 0 Å². The van der Waals surface area contributed by atoms with Gasteiger partial charge in [-0.05, 0) is 32.6 Å². The molecule has 0 aromatic carbocycles. The van der Waals surface area contributed by atoms with E-state index in [1.807, 2.05) is 0 Å². The Hall–Kier alpha value is -0.520. The number of allylic oxidation sites excluding steroid dienone is 3.